The van der Waals surface area contributed by atoms with Gasteiger partial charge in [0, 0.05) is 18.5 Å². The number of aromatic carboxylic acids is 1. The smallest absolute Gasteiger partial charge is 0.336 e. The largest absolute Gasteiger partial charge is 0.478 e. The molecule has 2 heterocycles. The van der Waals surface area contributed by atoms with Crippen LogP contribution in [0.2, 0.25) is 0 Å². The molecule has 1 aromatic heterocycles. The molecule has 2 rings (SSSR count). The molecule has 0 unspecified atom stereocenters. The van der Waals surface area contributed by atoms with Crippen LogP contribution in [0.3, 0.4) is 0 Å². The van der Waals surface area contributed by atoms with Gasteiger partial charge < -0.3 is 14.9 Å². The number of nitrogens with zero attached hydrogens (tertiary/aromatic N) is 1. The number of ether oxygens (including phenoxy) is 1. The Bertz CT molecular complexity index is 589. The zero-order chi connectivity index (χ0) is 15.5. The highest BCUT2D eigenvalue weighted by molar-refractivity contribution is 7.91. The maximum Gasteiger partial charge on any atom is 0.336 e. The highest BCUT2D eigenvalue weighted by atomic mass is 32.2. The number of rotatable bonds is 6. The van der Waals surface area contributed by atoms with Gasteiger partial charge in [-0.05, 0) is 18.9 Å². The fraction of sp³-hybridized carbons (Fsp3) is 0.583. The minimum absolute atomic E-state index is 0.0141. The zero-order valence-corrected chi connectivity index (χ0v) is 12.9. The van der Waals surface area contributed by atoms with E-state index in [2.05, 4.69) is 0 Å². The quantitative estimate of drug-likeness (QED) is 0.789. The van der Waals surface area contributed by atoms with Gasteiger partial charge in [0.15, 0.2) is 0 Å². The van der Waals surface area contributed by atoms with Crippen molar-refractivity contribution in [1.82, 2.24) is 4.31 Å². The minimum atomic E-state index is -3.64. The van der Waals surface area contributed by atoms with Gasteiger partial charge in [0.25, 0.3) is 10.0 Å². The van der Waals surface area contributed by atoms with Gasteiger partial charge in [-0.15, -0.1) is 11.3 Å². The molecule has 0 aliphatic carbocycles. The average Bonchev–Trinajstić information content (AvgIpc) is 2.96. The van der Waals surface area contributed by atoms with Crippen LogP contribution in [-0.2, 0) is 14.8 Å². The summed E-state index contributed by atoms with van der Waals surface area (Å²) in [5, 5.41) is 18.9. The van der Waals surface area contributed by atoms with Crippen molar-refractivity contribution < 1.29 is 28.2 Å². The number of aliphatic hydroxyl groups excluding tert-OH is 1. The van der Waals surface area contributed by atoms with E-state index in [0.29, 0.717) is 25.9 Å². The van der Waals surface area contributed by atoms with E-state index < -0.39 is 16.0 Å². The Hall–Kier alpha value is -1.00. The SMILES string of the molecule is O=C(O)c1csc(S(=O)(=O)N2CCC(OCCO)CC2)c1. The first kappa shape index (κ1) is 16.4. The van der Waals surface area contributed by atoms with E-state index in [-0.39, 0.29) is 29.1 Å². The summed E-state index contributed by atoms with van der Waals surface area (Å²) in [6, 6.07) is 1.19. The molecule has 7 nitrogen and oxygen atoms in total. The second-order valence-electron chi connectivity index (χ2n) is 4.66. The maximum absolute atomic E-state index is 12.4. The van der Waals surface area contributed by atoms with E-state index in [9.17, 15) is 13.2 Å². The third kappa shape index (κ3) is 3.80. The number of thiophene rings is 1. The first-order chi connectivity index (χ1) is 9.95. The molecule has 0 bridgehead atoms. The summed E-state index contributed by atoms with van der Waals surface area (Å²) in [5.41, 5.74) is -0.0141. The summed E-state index contributed by atoms with van der Waals surface area (Å²) in [6.07, 6.45) is 1.09. The van der Waals surface area contributed by atoms with Crippen LogP contribution in [0.5, 0.6) is 0 Å². The molecule has 1 aliphatic heterocycles. The normalized spacial score (nSPS) is 18.0. The summed E-state index contributed by atoms with van der Waals surface area (Å²) in [4.78, 5) is 10.8. The van der Waals surface area contributed by atoms with Gasteiger partial charge >= 0.3 is 5.97 Å². The van der Waals surface area contributed by atoms with Crippen LogP contribution in [0.4, 0.5) is 0 Å². The van der Waals surface area contributed by atoms with Gasteiger partial charge in [0.2, 0.25) is 0 Å². The van der Waals surface area contributed by atoms with Crippen LogP contribution in [0, 0.1) is 0 Å². The lowest BCUT2D eigenvalue weighted by molar-refractivity contribution is 0.00320. The Morgan fingerprint density at radius 2 is 2.10 bits per heavy atom. The fourth-order valence-corrected chi connectivity index (χ4v) is 4.93. The molecule has 118 valence electrons. The van der Waals surface area contributed by atoms with Crippen LogP contribution in [0.1, 0.15) is 23.2 Å². The summed E-state index contributed by atoms with van der Waals surface area (Å²) in [7, 11) is -3.64. The number of carboxylic acid groups (broad SMARTS) is 1. The molecule has 1 fully saturated rings. The Labute approximate surface area is 126 Å². The molecule has 1 aliphatic rings. The number of carboxylic acids is 1. The molecule has 21 heavy (non-hydrogen) atoms. The first-order valence-corrected chi connectivity index (χ1v) is 8.81. The molecule has 2 N–H and O–H groups in total. The molecule has 0 radical (unpaired) electrons. The number of piperidine rings is 1. The van der Waals surface area contributed by atoms with Gasteiger partial charge in [-0.25, -0.2) is 13.2 Å². The van der Waals surface area contributed by atoms with Gasteiger partial charge in [0.05, 0.1) is 24.9 Å². The average molecular weight is 335 g/mol. The number of hydrogen-bond donors (Lipinski definition) is 2. The molecule has 1 aromatic rings. The zero-order valence-electron chi connectivity index (χ0n) is 11.3. The van der Waals surface area contributed by atoms with E-state index in [0.717, 1.165) is 11.3 Å². The van der Waals surface area contributed by atoms with E-state index in [1.165, 1.54) is 15.8 Å². The second-order valence-corrected chi connectivity index (χ2v) is 7.73. The molecule has 9 heteroatoms. The topological polar surface area (TPSA) is 104 Å². The maximum atomic E-state index is 12.4. The summed E-state index contributed by atoms with van der Waals surface area (Å²) < 4.78 is 31.6. The van der Waals surface area contributed by atoms with Crippen molar-refractivity contribution in [2.75, 3.05) is 26.3 Å². The number of carbonyl (C=O) groups is 1. The summed E-state index contributed by atoms with van der Waals surface area (Å²) in [5.74, 6) is -1.14. The first-order valence-electron chi connectivity index (χ1n) is 6.49. The van der Waals surface area contributed by atoms with Crippen LogP contribution in [-0.4, -0.2) is 61.3 Å². The van der Waals surface area contributed by atoms with Crippen LogP contribution in [0.25, 0.3) is 0 Å². The van der Waals surface area contributed by atoms with Crippen molar-refractivity contribution in [1.29, 1.82) is 0 Å². The third-order valence-corrected chi connectivity index (χ3v) is 6.58. The van der Waals surface area contributed by atoms with E-state index >= 15 is 0 Å². The lowest BCUT2D eigenvalue weighted by Crippen LogP contribution is -2.40. The van der Waals surface area contributed by atoms with Crippen LogP contribution < -0.4 is 0 Å². The van der Waals surface area contributed by atoms with Crippen LogP contribution >= 0.6 is 11.3 Å². The predicted octanol–water partition coefficient (Wildman–Crippen LogP) is 0.608. The molecule has 0 amide bonds. The standard InChI is InChI=1S/C12H17NO6S2/c14-5-6-19-10-1-3-13(4-2-10)21(17,18)11-7-9(8-20-11)12(15)16/h7-8,10,14H,1-6H2,(H,15,16). The molecule has 1 saturated heterocycles. The highest BCUT2D eigenvalue weighted by Crippen LogP contribution is 2.27. The van der Waals surface area contributed by atoms with Gasteiger partial charge in [0.1, 0.15) is 4.21 Å². The second kappa shape index (κ2) is 6.84. The predicted molar refractivity (Wildman–Crippen MR) is 76.1 cm³/mol. The Kier molecular flexibility index (Phi) is 5.33. The lowest BCUT2D eigenvalue weighted by atomic mass is 10.1. The van der Waals surface area contributed by atoms with E-state index in [1.54, 1.807) is 0 Å². The Balaban J connectivity index is 2.02. The monoisotopic (exact) mass is 335 g/mol. The third-order valence-electron chi connectivity index (χ3n) is 3.26. The number of sulfonamides is 1. The lowest BCUT2D eigenvalue weighted by Gasteiger charge is -2.30. The van der Waals surface area contributed by atoms with Crippen molar-refractivity contribution in [2.45, 2.75) is 23.2 Å². The molecule has 0 atom stereocenters. The van der Waals surface area contributed by atoms with Gasteiger partial charge in [-0.3, -0.25) is 0 Å². The molecule has 0 saturated carbocycles. The molecular weight excluding hydrogens is 318 g/mol. The minimum Gasteiger partial charge on any atom is -0.478 e. The van der Waals surface area contributed by atoms with Crippen molar-refractivity contribution in [3.63, 3.8) is 0 Å². The summed E-state index contributed by atoms with van der Waals surface area (Å²) >= 11 is 0.918. The van der Waals surface area contributed by atoms with Gasteiger partial charge in [-0.1, -0.05) is 0 Å². The Morgan fingerprint density at radius 3 is 2.62 bits per heavy atom. The van der Waals surface area contributed by atoms with Crippen molar-refractivity contribution in [3.8, 4) is 0 Å². The van der Waals surface area contributed by atoms with Crippen LogP contribution in [0.15, 0.2) is 15.7 Å². The molecular formula is C12H17NO6S2. The van der Waals surface area contributed by atoms with E-state index in [1.807, 2.05) is 0 Å². The molecule has 0 aromatic carbocycles. The van der Waals surface area contributed by atoms with Crippen molar-refractivity contribution >= 4 is 27.3 Å². The van der Waals surface area contributed by atoms with Gasteiger partial charge in [-0.2, -0.15) is 4.31 Å². The highest BCUT2D eigenvalue weighted by Gasteiger charge is 2.31. The Morgan fingerprint density at radius 1 is 1.43 bits per heavy atom. The number of hydrogen-bond acceptors (Lipinski definition) is 6. The fourth-order valence-electron chi connectivity index (χ4n) is 2.15. The number of aliphatic hydroxyl groups is 1. The van der Waals surface area contributed by atoms with E-state index in [4.69, 9.17) is 14.9 Å². The summed E-state index contributed by atoms with van der Waals surface area (Å²) in [6.45, 7) is 0.869. The molecule has 0 spiro atoms. The van der Waals surface area contributed by atoms with Crippen molar-refractivity contribution in [3.05, 3.63) is 17.0 Å². The van der Waals surface area contributed by atoms with Crippen molar-refractivity contribution in [2.24, 2.45) is 0 Å².